The lowest BCUT2D eigenvalue weighted by Gasteiger charge is -2.17. The summed E-state index contributed by atoms with van der Waals surface area (Å²) < 4.78 is 25.1. The third-order valence-electron chi connectivity index (χ3n) is 4.38. The van der Waals surface area contributed by atoms with Crippen LogP contribution in [0.4, 0.5) is 17.1 Å². The summed E-state index contributed by atoms with van der Waals surface area (Å²) in [4.78, 5) is 14.8. The van der Waals surface area contributed by atoms with E-state index in [1.807, 2.05) is 24.3 Å². The molecule has 6 nitrogen and oxygen atoms in total. The van der Waals surface area contributed by atoms with Crippen LogP contribution >= 0.6 is 0 Å². The van der Waals surface area contributed by atoms with E-state index in [1.54, 1.807) is 25.1 Å². The Labute approximate surface area is 154 Å². The normalized spacial score (nSPS) is 14.3. The third-order valence-corrected chi connectivity index (χ3v) is 4.97. The highest BCUT2D eigenvalue weighted by atomic mass is 32.2. The minimum Gasteiger partial charge on any atom is -0.372 e. The number of benzene rings is 2. The van der Waals surface area contributed by atoms with Crippen molar-refractivity contribution in [2.75, 3.05) is 34.3 Å². The fourth-order valence-electron chi connectivity index (χ4n) is 3.05. The van der Waals surface area contributed by atoms with Crippen LogP contribution in [0.5, 0.6) is 0 Å². The highest BCUT2D eigenvalue weighted by molar-refractivity contribution is 7.92. The Morgan fingerprint density at radius 1 is 1.04 bits per heavy atom. The summed E-state index contributed by atoms with van der Waals surface area (Å²) in [7, 11) is -3.35. The fraction of sp³-hybridized carbons (Fsp3) is 0.316. The van der Waals surface area contributed by atoms with Gasteiger partial charge in [0.2, 0.25) is 10.0 Å². The van der Waals surface area contributed by atoms with Gasteiger partial charge in [-0.15, -0.1) is 0 Å². The van der Waals surface area contributed by atoms with E-state index in [9.17, 15) is 13.2 Å². The lowest BCUT2D eigenvalue weighted by molar-refractivity contribution is 0.102. The SMILES string of the molecule is Cc1cc(C(=O)Nc2ccc(N3CCCC3)cc2)ccc1NS(C)(=O)=O. The van der Waals surface area contributed by atoms with E-state index < -0.39 is 10.0 Å². The number of anilines is 3. The third kappa shape index (κ3) is 4.54. The maximum absolute atomic E-state index is 12.4. The lowest BCUT2D eigenvalue weighted by Crippen LogP contribution is -2.17. The summed E-state index contributed by atoms with van der Waals surface area (Å²) in [5.41, 5.74) is 3.54. The van der Waals surface area contributed by atoms with Gasteiger partial charge in [-0.25, -0.2) is 8.42 Å². The number of hydrogen-bond acceptors (Lipinski definition) is 4. The standard InChI is InChI=1S/C19H23N3O3S/c1-14-13-15(5-10-18(14)21-26(2,24)25)19(23)20-16-6-8-17(9-7-16)22-11-3-4-12-22/h5-10,13,21H,3-4,11-12H2,1-2H3,(H,20,23). The van der Waals surface area contributed by atoms with Crippen molar-refractivity contribution in [2.24, 2.45) is 0 Å². The number of carbonyl (C=O) groups excluding carboxylic acids is 1. The van der Waals surface area contributed by atoms with E-state index in [0.717, 1.165) is 25.0 Å². The van der Waals surface area contributed by atoms with Gasteiger partial charge in [-0.2, -0.15) is 0 Å². The van der Waals surface area contributed by atoms with Crippen LogP contribution in [-0.2, 0) is 10.0 Å². The summed E-state index contributed by atoms with van der Waals surface area (Å²) in [6, 6.07) is 12.7. The van der Waals surface area contributed by atoms with Crippen molar-refractivity contribution in [3.63, 3.8) is 0 Å². The van der Waals surface area contributed by atoms with Crippen molar-refractivity contribution in [2.45, 2.75) is 19.8 Å². The van der Waals surface area contributed by atoms with E-state index in [4.69, 9.17) is 0 Å². The number of nitrogens with zero attached hydrogens (tertiary/aromatic N) is 1. The molecule has 7 heteroatoms. The first-order chi connectivity index (χ1) is 12.3. The molecule has 1 heterocycles. The summed E-state index contributed by atoms with van der Waals surface area (Å²) in [6.07, 6.45) is 3.54. The fourth-order valence-corrected chi connectivity index (χ4v) is 3.68. The van der Waals surface area contributed by atoms with Crippen LogP contribution in [0.3, 0.4) is 0 Å². The zero-order chi connectivity index (χ0) is 18.7. The second kappa shape index (κ2) is 7.37. The summed E-state index contributed by atoms with van der Waals surface area (Å²) in [6.45, 7) is 3.92. The van der Waals surface area contributed by atoms with Crippen LogP contribution in [0, 0.1) is 6.92 Å². The van der Waals surface area contributed by atoms with Crippen LogP contribution < -0.4 is 14.9 Å². The molecule has 2 aromatic carbocycles. The molecule has 138 valence electrons. The van der Waals surface area contributed by atoms with E-state index in [2.05, 4.69) is 14.9 Å². The Morgan fingerprint density at radius 2 is 1.69 bits per heavy atom. The average molecular weight is 373 g/mol. The van der Waals surface area contributed by atoms with Crippen molar-refractivity contribution in [3.8, 4) is 0 Å². The van der Waals surface area contributed by atoms with Gasteiger partial charge in [-0.3, -0.25) is 9.52 Å². The van der Waals surface area contributed by atoms with Crippen molar-refractivity contribution >= 4 is 33.0 Å². The molecular weight excluding hydrogens is 350 g/mol. The number of hydrogen-bond donors (Lipinski definition) is 2. The Balaban J connectivity index is 1.68. The van der Waals surface area contributed by atoms with Gasteiger partial charge in [0.1, 0.15) is 0 Å². The first-order valence-corrected chi connectivity index (χ1v) is 10.5. The van der Waals surface area contributed by atoms with Gasteiger partial charge >= 0.3 is 0 Å². The monoisotopic (exact) mass is 373 g/mol. The highest BCUT2D eigenvalue weighted by Crippen LogP contribution is 2.23. The topological polar surface area (TPSA) is 78.5 Å². The molecule has 2 N–H and O–H groups in total. The summed E-state index contributed by atoms with van der Waals surface area (Å²) >= 11 is 0. The molecule has 0 aromatic heterocycles. The van der Waals surface area contributed by atoms with Gasteiger partial charge in [0.05, 0.1) is 11.9 Å². The van der Waals surface area contributed by atoms with Crippen LogP contribution in [0.2, 0.25) is 0 Å². The van der Waals surface area contributed by atoms with Crippen LogP contribution in [0.1, 0.15) is 28.8 Å². The van der Waals surface area contributed by atoms with Gasteiger partial charge < -0.3 is 10.2 Å². The molecule has 0 saturated carbocycles. The quantitative estimate of drug-likeness (QED) is 0.843. The molecule has 1 fully saturated rings. The molecule has 1 aliphatic rings. The van der Waals surface area contributed by atoms with E-state index in [0.29, 0.717) is 16.8 Å². The first-order valence-electron chi connectivity index (χ1n) is 8.57. The number of aryl methyl sites for hydroxylation is 1. The van der Waals surface area contributed by atoms with Crippen molar-refractivity contribution in [1.82, 2.24) is 0 Å². The summed E-state index contributed by atoms with van der Waals surface area (Å²) in [5, 5.41) is 2.87. The molecule has 1 amide bonds. The van der Waals surface area contributed by atoms with Gasteiger partial charge in [0.15, 0.2) is 0 Å². The Kier molecular flexibility index (Phi) is 5.18. The van der Waals surface area contributed by atoms with Crippen molar-refractivity contribution in [1.29, 1.82) is 0 Å². The smallest absolute Gasteiger partial charge is 0.255 e. The Hall–Kier alpha value is -2.54. The number of nitrogens with one attached hydrogen (secondary N) is 2. The molecule has 1 aliphatic heterocycles. The minimum absolute atomic E-state index is 0.229. The maximum Gasteiger partial charge on any atom is 0.255 e. The molecule has 0 spiro atoms. The predicted molar refractivity (Wildman–Crippen MR) is 105 cm³/mol. The average Bonchev–Trinajstić information content (AvgIpc) is 3.11. The van der Waals surface area contributed by atoms with Gasteiger partial charge in [0.25, 0.3) is 5.91 Å². The zero-order valence-corrected chi connectivity index (χ0v) is 15.8. The highest BCUT2D eigenvalue weighted by Gasteiger charge is 2.13. The van der Waals surface area contributed by atoms with Gasteiger partial charge in [-0.05, 0) is 67.8 Å². The summed E-state index contributed by atoms with van der Waals surface area (Å²) in [5.74, 6) is -0.229. The Bertz CT molecular complexity index is 902. The number of sulfonamides is 1. The van der Waals surface area contributed by atoms with Crippen molar-refractivity contribution < 1.29 is 13.2 Å². The molecular formula is C19H23N3O3S. The van der Waals surface area contributed by atoms with E-state index >= 15 is 0 Å². The molecule has 26 heavy (non-hydrogen) atoms. The molecule has 0 bridgehead atoms. The molecule has 0 aliphatic carbocycles. The molecule has 1 saturated heterocycles. The van der Waals surface area contributed by atoms with Crippen LogP contribution in [0.25, 0.3) is 0 Å². The Morgan fingerprint density at radius 3 is 2.27 bits per heavy atom. The maximum atomic E-state index is 12.4. The van der Waals surface area contributed by atoms with Crippen LogP contribution in [-0.4, -0.2) is 33.7 Å². The molecule has 0 unspecified atom stereocenters. The molecule has 3 rings (SSSR count). The van der Waals surface area contributed by atoms with E-state index in [1.165, 1.54) is 18.5 Å². The molecule has 0 radical (unpaired) electrons. The predicted octanol–water partition coefficient (Wildman–Crippen LogP) is 3.22. The van der Waals surface area contributed by atoms with E-state index in [-0.39, 0.29) is 5.91 Å². The number of amides is 1. The zero-order valence-electron chi connectivity index (χ0n) is 15.0. The lowest BCUT2D eigenvalue weighted by atomic mass is 10.1. The van der Waals surface area contributed by atoms with Crippen LogP contribution in [0.15, 0.2) is 42.5 Å². The van der Waals surface area contributed by atoms with Crippen molar-refractivity contribution in [3.05, 3.63) is 53.6 Å². The largest absolute Gasteiger partial charge is 0.372 e. The second-order valence-corrected chi connectivity index (χ2v) is 8.35. The number of carbonyl (C=O) groups is 1. The molecule has 0 atom stereocenters. The van der Waals surface area contributed by atoms with Gasteiger partial charge in [-0.1, -0.05) is 0 Å². The van der Waals surface area contributed by atoms with Gasteiger partial charge in [0, 0.05) is 30.0 Å². The second-order valence-electron chi connectivity index (χ2n) is 6.60. The number of rotatable bonds is 5. The minimum atomic E-state index is -3.35. The first kappa shape index (κ1) is 18.3. The molecule has 2 aromatic rings.